The van der Waals surface area contributed by atoms with Crippen molar-refractivity contribution in [3.8, 4) is 0 Å². The Morgan fingerprint density at radius 2 is 1.39 bits per heavy atom. The summed E-state index contributed by atoms with van der Waals surface area (Å²) in [6.45, 7) is 3.89. The molecule has 3 atom stereocenters. The van der Waals surface area contributed by atoms with Gasteiger partial charge in [0.1, 0.15) is 5.78 Å². The summed E-state index contributed by atoms with van der Waals surface area (Å²) in [7, 11) is -3.86. The van der Waals surface area contributed by atoms with Crippen molar-refractivity contribution in [3.63, 3.8) is 0 Å². The van der Waals surface area contributed by atoms with Crippen molar-refractivity contribution in [3.05, 3.63) is 102 Å². The van der Waals surface area contributed by atoms with Crippen LogP contribution in [0.4, 0.5) is 0 Å². The molecule has 0 N–H and O–H groups in total. The average molecular weight is 434 g/mol. The van der Waals surface area contributed by atoms with Crippen molar-refractivity contribution in [2.45, 2.75) is 43.7 Å². The van der Waals surface area contributed by atoms with Crippen molar-refractivity contribution in [2.75, 3.05) is 0 Å². The van der Waals surface area contributed by atoms with E-state index in [1.807, 2.05) is 86.6 Å². The predicted octanol–water partition coefficient (Wildman–Crippen LogP) is 5.47. The summed E-state index contributed by atoms with van der Waals surface area (Å²) in [5.41, 5.74) is 2.68. The molecular weight excluding hydrogens is 406 g/mol. The molecule has 0 radical (unpaired) electrons. The molecule has 1 aliphatic rings. The lowest BCUT2D eigenvalue weighted by Gasteiger charge is -2.44. The molecule has 160 valence electrons. The van der Waals surface area contributed by atoms with Crippen molar-refractivity contribution < 1.29 is 13.2 Å². The summed E-state index contributed by atoms with van der Waals surface area (Å²) in [4.78, 5) is 13.5. The number of hydrogen-bond donors (Lipinski definition) is 0. The third-order valence-electron chi connectivity index (χ3n) is 6.13. The molecule has 0 amide bonds. The largest absolute Gasteiger partial charge is 0.299 e. The van der Waals surface area contributed by atoms with Crippen LogP contribution in [0.2, 0.25) is 0 Å². The Balaban J connectivity index is 1.94. The van der Waals surface area contributed by atoms with Crippen LogP contribution in [0, 0.1) is 12.8 Å². The Labute approximate surface area is 184 Å². The fourth-order valence-electron chi connectivity index (χ4n) is 4.55. The number of nitrogens with zero attached hydrogens (tertiary/aromatic N) is 1. The van der Waals surface area contributed by atoms with E-state index in [0.29, 0.717) is 6.42 Å². The maximum Gasteiger partial charge on any atom is 0.244 e. The van der Waals surface area contributed by atoms with E-state index in [-0.39, 0.29) is 23.0 Å². The average Bonchev–Trinajstić information content (AvgIpc) is 2.79. The minimum absolute atomic E-state index is 0.112. The molecule has 31 heavy (non-hydrogen) atoms. The van der Waals surface area contributed by atoms with Crippen LogP contribution in [-0.4, -0.2) is 18.5 Å². The first-order valence-electron chi connectivity index (χ1n) is 10.7. The normalized spacial score (nSPS) is 22.4. The second kappa shape index (κ2) is 8.77. The van der Waals surface area contributed by atoms with Gasteiger partial charge in [0.15, 0.2) is 0 Å². The Hall–Kier alpha value is -2.76. The highest BCUT2D eigenvalue weighted by molar-refractivity contribution is 7.89. The number of carbonyl (C=O) groups is 1. The van der Waals surface area contributed by atoms with Gasteiger partial charge in [0.2, 0.25) is 10.0 Å². The standard InChI is InChI=1S/C26H27NO3S/c1-3-23-25(28)18-24(20-10-6-4-7-11-20)27(26(23)21-12-8-5-9-13-21)31(29,30)22-16-14-19(2)15-17-22/h4-17,23-24,26H,3,18H2,1-2H3/t23-,24-,26-/m1/s1. The van der Waals surface area contributed by atoms with Crippen molar-refractivity contribution >= 4 is 15.8 Å². The number of aryl methyl sites for hydroxylation is 1. The maximum atomic E-state index is 14.0. The fourth-order valence-corrected chi connectivity index (χ4v) is 6.37. The van der Waals surface area contributed by atoms with Gasteiger partial charge in [-0.15, -0.1) is 0 Å². The third kappa shape index (κ3) is 4.08. The lowest BCUT2D eigenvalue weighted by molar-refractivity contribution is -0.129. The van der Waals surface area contributed by atoms with Crippen LogP contribution in [0.15, 0.2) is 89.8 Å². The first-order valence-corrected chi connectivity index (χ1v) is 12.1. The zero-order chi connectivity index (χ0) is 22.0. The molecular formula is C26H27NO3S. The molecule has 3 aromatic rings. The van der Waals surface area contributed by atoms with Crippen LogP contribution in [0.25, 0.3) is 0 Å². The van der Waals surface area contributed by atoms with Gasteiger partial charge >= 0.3 is 0 Å². The topological polar surface area (TPSA) is 54.5 Å². The van der Waals surface area contributed by atoms with E-state index in [9.17, 15) is 13.2 Å². The lowest BCUT2D eigenvalue weighted by atomic mass is 9.79. The highest BCUT2D eigenvalue weighted by Gasteiger charge is 2.48. The minimum atomic E-state index is -3.86. The summed E-state index contributed by atoms with van der Waals surface area (Å²) in [5.74, 6) is -0.275. The van der Waals surface area contributed by atoms with E-state index in [1.165, 1.54) is 0 Å². The number of ketones is 1. The van der Waals surface area contributed by atoms with Crippen molar-refractivity contribution in [1.82, 2.24) is 4.31 Å². The van der Waals surface area contributed by atoms with Gasteiger partial charge in [-0.2, -0.15) is 4.31 Å². The number of hydrogen-bond acceptors (Lipinski definition) is 3. The molecule has 3 aromatic carbocycles. The van der Waals surface area contributed by atoms with E-state index >= 15 is 0 Å². The second-order valence-corrected chi connectivity index (χ2v) is 9.96. The van der Waals surface area contributed by atoms with Crippen molar-refractivity contribution in [1.29, 1.82) is 0 Å². The third-order valence-corrected chi connectivity index (χ3v) is 8.04. The molecule has 0 spiro atoms. The summed E-state index contributed by atoms with van der Waals surface area (Å²) in [6, 6.07) is 24.9. The van der Waals surface area contributed by atoms with Gasteiger partial charge in [0.25, 0.3) is 0 Å². The first-order chi connectivity index (χ1) is 14.9. The molecule has 1 fully saturated rings. The fraction of sp³-hybridized carbons (Fsp3) is 0.269. The Morgan fingerprint density at radius 1 is 0.839 bits per heavy atom. The molecule has 1 saturated heterocycles. The van der Waals surface area contributed by atoms with E-state index in [2.05, 4.69) is 0 Å². The van der Waals surface area contributed by atoms with Gasteiger partial charge in [0.05, 0.1) is 17.0 Å². The van der Waals surface area contributed by atoms with Crippen LogP contribution >= 0.6 is 0 Å². The first kappa shape index (κ1) is 21.5. The monoisotopic (exact) mass is 433 g/mol. The van der Waals surface area contributed by atoms with Crippen LogP contribution in [0.5, 0.6) is 0 Å². The van der Waals surface area contributed by atoms with E-state index in [0.717, 1.165) is 16.7 Å². The van der Waals surface area contributed by atoms with Gasteiger partial charge in [-0.05, 0) is 36.6 Å². The summed E-state index contributed by atoms with van der Waals surface area (Å²) >= 11 is 0. The number of Topliss-reactive ketones (excluding diaryl/α,β-unsaturated/α-hetero) is 1. The van der Waals surface area contributed by atoms with E-state index < -0.39 is 22.1 Å². The number of piperidine rings is 1. The molecule has 4 nitrogen and oxygen atoms in total. The van der Waals surface area contributed by atoms with Gasteiger partial charge < -0.3 is 0 Å². The van der Waals surface area contributed by atoms with E-state index in [1.54, 1.807) is 16.4 Å². The number of sulfonamides is 1. The minimum Gasteiger partial charge on any atom is -0.299 e. The molecule has 4 rings (SSSR count). The van der Waals surface area contributed by atoms with Gasteiger partial charge in [-0.25, -0.2) is 8.42 Å². The van der Waals surface area contributed by atoms with Crippen LogP contribution < -0.4 is 0 Å². The summed E-state index contributed by atoms with van der Waals surface area (Å²) in [6.07, 6.45) is 0.761. The zero-order valence-electron chi connectivity index (χ0n) is 17.8. The number of carbonyl (C=O) groups excluding carboxylic acids is 1. The summed E-state index contributed by atoms with van der Waals surface area (Å²) in [5, 5.41) is 0. The van der Waals surface area contributed by atoms with E-state index in [4.69, 9.17) is 0 Å². The molecule has 0 saturated carbocycles. The molecule has 0 aromatic heterocycles. The Morgan fingerprint density at radius 3 is 1.94 bits per heavy atom. The van der Waals surface area contributed by atoms with Crippen LogP contribution in [0.1, 0.15) is 48.5 Å². The van der Waals surface area contributed by atoms with Crippen LogP contribution in [-0.2, 0) is 14.8 Å². The molecule has 0 unspecified atom stereocenters. The maximum absolute atomic E-state index is 14.0. The van der Waals surface area contributed by atoms with Gasteiger partial charge in [0, 0.05) is 12.3 Å². The molecule has 5 heteroatoms. The van der Waals surface area contributed by atoms with Crippen LogP contribution in [0.3, 0.4) is 0 Å². The molecule has 1 aliphatic heterocycles. The summed E-state index contributed by atoms with van der Waals surface area (Å²) < 4.78 is 29.7. The Kier molecular flexibility index (Phi) is 6.08. The smallest absolute Gasteiger partial charge is 0.244 e. The second-order valence-electron chi connectivity index (χ2n) is 8.12. The molecule has 1 heterocycles. The Bertz CT molecular complexity index is 1140. The molecule has 0 aliphatic carbocycles. The quantitative estimate of drug-likeness (QED) is 0.536. The SMILES string of the molecule is CC[C@@H]1C(=O)C[C@H](c2ccccc2)N(S(=O)(=O)c2ccc(C)cc2)[C@@H]1c1ccccc1. The molecule has 0 bridgehead atoms. The number of rotatable bonds is 5. The predicted molar refractivity (Wildman–Crippen MR) is 122 cm³/mol. The highest BCUT2D eigenvalue weighted by atomic mass is 32.2. The highest BCUT2D eigenvalue weighted by Crippen LogP contribution is 2.47. The zero-order valence-corrected chi connectivity index (χ0v) is 18.6. The van der Waals surface area contributed by atoms with Gasteiger partial charge in [-0.3, -0.25) is 4.79 Å². The van der Waals surface area contributed by atoms with Gasteiger partial charge in [-0.1, -0.05) is 85.3 Å². The lowest BCUT2D eigenvalue weighted by Crippen LogP contribution is -2.48. The number of benzene rings is 3. The van der Waals surface area contributed by atoms with Crippen molar-refractivity contribution in [2.24, 2.45) is 5.92 Å².